The van der Waals surface area contributed by atoms with Crippen molar-refractivity contribution in [2.24, 2.45) is 11.8 Å². The summed E-state index contributed by atoms with van der Waals surface area (Å²) in [5.41, 5.74) is 0.749. The van der Waals surface area contributed by atoms with Gasteiger partial charge in [0.1, 0.15) is 5.75 Å². The SMILES string of the molecule is COc1ccccc1NC(=O)CN1CC2CCCC2C1. The molecular weight excluding hydrogens is 252 g/mol. The third-order valence-corrected chi connectivity index (χ3v) is 4.55. The van der Waals surface area contributed by atoms with E-state index < -0.39 is 0 Å². The summed E-state index contributed by atoms with van der Waals surface area (Å²) in [7, 11) is 1.62. The number of ether oxygens (including phenoxy) is 1. The Balaban J connectivity index is 1.55. The van der Waals surface area contributed by atoms with E-state index in [1.165, 1.54) is 19.3 Å². The second-order valence-corrected chi connectivity index (χ2v) is 5.89. The van der Waals surface area contributed by atoms with Crippen molar-refractivity contribution in [2.75, 3.05) is 32.1 Å². The van der Waals surface area contributed by atoms with Crippen molar-refractivity contribution < 1.29 is 9.53 Å². The van der Waals surface area contributed by atoms with E-state index in [1.54, 1.807) is 7.11 Å². The molecule has 3 rings (SSSR count). The molecule has 1 N–H and O–H groups in total. The Labute approximate surface area is 120 Å². The number of rotatable bonds is 4. The van der Waals surface area contributed by atoms with E-state index in [9.17, 15) is 4.79 Å². The number of anilines is 1. The van der Waals surface area contributed by atoms with Gasteiger partial charge in [0.2, 0.25) is 5.91 Å². The normalized spacial score (nSPS) is 25.4. The van der Waals surface area contributed by atoms with Crippen LogP contribution in [0.25, 0.3) is 0 Å². The number of likely N-dealkylation sites (tertiary alicyclic amines) is 1. The number of hydrogen-bond donors (Lipinski definition) is 1. The van der Waals surface area contributed by atoms with Crippen LogP contribution in [-0.4, -0.2) is 37.6 Å². The number of nitrogens with zero attached hydrogens (tertiary/aromatic N) is 1. The number of amides is 1. The molecule has 1 aromatic carbocycles. The first-order valence-corrected chi connectivity index (χ1v) is 7.41. The second kappa shape index (κ2) is 5.83. The molecule has 0 bridgehead atoms. The van der Waals surface area contributed by atoms with Crippen molar-refractivity contribution in [3.8, 4) is 5.75 Å². The molecule has 1 heterocycles. The van der Waals surface area contributed by atoms with E-state index in [-0.39, 0.29) is 5.91 Å². The average molecular weight is 274 g/mol. The van der Waals surface area contributed by atoms with Crippen LogP contribution >= 0.6 is 0 Å². The fraction of sp³-hybridized carbons (Fsp3) is 0.562. The van der Waals surface area contributed by atoms with E-state index in [1.807, 2.05) is 24.3 Å². The van der Waals surface area contributed by atoms with Crippen molar-refractivity contribution in [3.05, 3.63) is 24.3 Å². The molecule has 108 valence electrons. The molecular formula is C16H22N2O2. The third kappa shape index (κ3) is 2.80. The van der Waals surface area contributed by atoms with Crippen LogP contribution in [0.2, 0.25) is 0 Å². The van der Waals surface area contributed by atoms with Crippen molar-refractivity contribution in [1.82, 2.24) is 4.90 Å². The summed E-state index contributed by atoms with van der Waals surface area (Å²) in [5, 5.41) is 2.95. The van der Waals surface area contributed by atoms with Gasteiger partial charge in [-0.15, -0.1) is 0 Å². The molecule has 2 aliphatic rings. The van der Waals surface area contributed by atoms with Crippen LogP contribution in [-0.2, 0) is 4.79 Å². The molecule has 1 saturated heterocycles. The largest absolute Gasteiger partial charge is 0.495 e. The van der Waals surface area contributed by atoms with Crippen molar-refractivity contribution in [2.45, 2.75) is 19.3 Å². The molecule has 2 unspecified atom stereocenters. The van der Waals surface area contributed by atoms with E-state index >= 15 is 0 Å². The summed E-state index contributed by atoms with van der Waals surface area (Å²) in [4.78, 5) is 14.4. The van der Waals surface area contributed by atoms with Gasteiger partial charge in [-0.25, -0.2) is 0 Å². The van der Waals surface area contributed by atoms with Gasteiger partial charge in [-0.3, -0.25) is 9.69 Å². The summed E-state index contributed by atoms with van der Waals surface area (Å²) in [6.45, 7) is 2.67. The Hall–Kier alpha value is -1.55. The maximum Gasteiger partial charge on any atom is 0.238 e. The molecule has 2 fully saturated rings. The van der Waals surface area contributed by atoms with Gasteiger partial charge in [0.15, 0.2) is 0 Å². The van der Waals surface area contributed by atoms with Crippen molar-refractivity contribution in [3.63, 3.8) is 0 Å². The second-order valence-electron chi connectivity index (χ2n) is 5.89. The molecule has 1 saturated carbocycles. The molecule has 2 atom stereocenters. The lowest BCUT2D eigenvalue weighted by Gasteiger charge is -2.17. The Morgan fingerprint density at radius 2 is 2.00 bits per heavy atom. The standard InChI is InChI=1S/C16H22N2O2/c1-20-15-8-3-2-7-14(15)17-16(19)11-18-9-12-5-4-6-13(12)10-18/h2-3,7-8,12-13H,4-6,9-11H2,1H3,(H,17,19). The highest BCUT2D eigenvalue weighted by molar-refractivity contribution is 5.93. The molecule has 4 nitrogen and oxygen atoms in total. The summed E-state index contributed by atoms with van der Waals surface area (Å²) < 4.78 is 5.25. The van der Waals surface area contributed by atoms with Crippen LogP contribution in [0, 0.1) is 11.8 Å². The van der Waals surface area contributed by atoms with Crippen LogP contribution in [0.15, 0.2) is 24.3 Å². The zero-order chi connectivity index (χ0) is 13.9. The van der Waals surface area contributed by atoms with Gasteiger partial charge in [0.25, 0.3) is 0 Å². The van der Waals surface area contributed by atoms with Gasteiger partial charge in [-0.2, -0.15) is 0 Å². The summed E-state index contributed by atoms with van der Waals surface area (Å²) >= 11 is 0. The molecule has 0 radical (unpaired) electrons. The number of para-hydroxylation sites is 2. The average Bonchev–Trinajstić information content (AvgIpc) is 3.00. The van der Waals surface area contributed by atoms with Crippen LogP contribution in [0.4, 0.5) is 5.69 Å². The Morgan fingerprint density at radius 1 is 1.30 bits per heavy atom. The minimum atomic E-state index is 0.0504. The minimum Gasteiger partial charge on any atom is -0.495 e. The molecule has 20 heavy (non-hydrogen) atoms. The van der Waals surface area contributed by atoms with Gasteiger partial charge in [-0.1, -0.05) is 18.6 Å². The van der Waals surface area contributed by atoms with E-state index in [4.69, 9.17) is 4.74 Å². The monoisotopic (exact) mass is 274 g/mol. The Kier molecular flexibility index (Phi) is 3.92. The lowest BCUT2D eigenvalue weighted by molar-refractivity contribution is -0.117. The Morgan fingerprint density at radius 3 is 2.70 bits per heavy atom. The molecule has 4 heteroatoms. The molecule has 1 amide bonds. The Bertz CT molecular complexity index is 477. The van der Waals surface area contributed by atoms with Crippen LogP contribution in [0.1, 0.15) is 19.3 Å². The summed E-state index contributed by atoms with van der Waals surface area (Å²) in [6.07, 6.45) is 4.06. The number of benzene rings is 1. The number of hydrogen-bond acceptors (Lipinski definition) is 3. The fourth-order valence-corrected chi connectivity index (χ4v) is 3.60. The minimum absolute atomic E-state index is 0.0504. The maximum absolute atomic E-state index is 12.1. The quantitative estimate of drug-likeness (QED) is 0.916. The lowest BCUT2D eigenvalue weighted by atomic mass is 10.0. The first-order valence-electron chi connectivity index (χ1n) is 7.41. The lowest BCUT2D eigenvalue weighted by Crippen LogP contribution is -2.32. The predicted molar refractivity (Wildman–Crippen MR) is 78.9 cm³/mol. The summed E-state index contributed by atoms with van der Waals surface area (Å²) in [5.74, 6) is 2.41. The fourth-order valence-electron chi connectivity index (χ4n) is 3.60. The van der Waals surface area contributed by atoms with Crippen LogP contribution < -0.4 is 10.1 Å². The van der Waals surface area contributed by atoms with Crippen LogP contribution in [0.5, 0.6) is 5.75 Å². The highest BCUT2D eigenvalue weighted by atomic mass is 16.5. The zero-order valence-electron chi connectivity index (χ0n) is 12.0. The molecule has 0 aromatic heterocycles. The molecule has 1 aliphatic carbocycles. The van der Waals surface area contributed by atoms with Gasteiger partial charge in [0, 0.05) is 13.1 Å². The van der Waals surface area contributed by atoms with Crippen LogP contribution in [0.3, 0.4) is 0 Å². The maximum atomic E-state index is 12.1. The number of methoxy groups -OCH3 is 1. The van der Waals surface area contributed by atoms with E-state index in [2.05, 4.69) is 10.2 Å². The number of carbonyl (C=O) groups is 1. The molecule has 1 aliphatic heterocycles. The first-order chi connectivity index (χ1) is 9.76. The third-order valence-electron chi connectivity index (χ3n) is 4.55. The topological polar surface area (TPSA) is 41.6 Å². The van der Waals surface area contributed by atoms with Crippen molar-refractivity contribution >= 4 is 11.6 Å². The number of nitrogens with one attached hydrogen (secondary N) is 1. The van der Waals surface area contributed by atoms with Crippen molar-refractivity contribution in [1.29, 1.82) is 0 Å². The van der Waals surface area contributed by atoms with Gasteiger partial charge in [0.05, 0.1) is 19.3 Å². The smallest absolute Gasteiger partial charge is 0.238 e. The van der Waals surface area contributed by atoms with E-state index in [0.29, 0.717) is 12.3 Å². The first kappa shape index (κ1) is 13.4. The van der Waals surface area contributed by atoms with Gasteiger partial charge < -0.3 is 10.1 Å². The number of carbonyl (C=O) groups excluding carboxylic acids is 1. The van der Waals surface area contributed by atoms with E-state index in [0.717, 1.165) is 30.6 Å². The van der Waals surface area contributed by atoms with Gasteiger partial charge in [-0.05, 0) is 36.8 Å². The predicted octanol–water partition coefficient (Wildman–Crippen LogP) is 2.37. The highest BCUT2D eigenvalue weighted by Gasteiger charge is 2.36. The zero-order valence-corrected chi connectivity index (χ0v) is 12.0. The highest BCUT2D eigenvalue weighted by Crippen LogP contribution is 2.37. The summed E-state index contributed by atoms with van der Waals surface area (Å²) in [6, 6.07) is 7.53. The molecule has 0 spiro atoms. The van der Waals surface area contributed by atoms with Gasteiger partial charge >= 0.3 is 0 Å². The molecule has 1 aromatic rings. The number of fused-ring (bicyclic) bond motifs is 1.